The number of hydrogen-bond acceptors (Lipinski definition) is 2. The van der Waals surface area contributed by atoms with Gasteiger partial charge in [0.25, 0.3) is 0 Å². The average Bonchev–Trinajstić information content (AvgIpc) is 2.80. The van der Waals surface area contributed by atoms with Gasteiger partial charge in [0.1, 0.15) is 0 Å². The Morgan fingerprint density at radius 2 is 1.95 bits per heavy atom. The molecule has 114 valence electrons. The SMILES string of the molecule is Cc1ccc(Cl)c(NC(=O)CC2(CC(=O)O)CCCC2)c1. The highest BCUT2D eigenvalue weighted by Gasteiger charge is 2.38. The summed E-state index contributed by atoms with van der Waals surface area (Å²) in [6.45, 7) is 1.93. The summed E-state index contributed by atoms with van der Waals surface area (Å²) in [4.78, 5) is 23.3. The van der Waals surface area contributed by atoms with Crippen LogP contribution in [0.15, 0.2) is 18.2 Å². The number of carboxylic acid groups (broad SMARTS) is 1. The number of halogens is 1. The molecule has 0 saturated heterocycles. The molecule has 4 nitrogen and oxygen atoms in total. The second-order valence-corrected chi connectivity index (χ2v) is 6.39. The lowest BCUT2D eigenvalue weighted by Crippen LogP contribution is -2.27. The van der Waals surface area contributed by atoms with Crippen LogP contribution < -0.4 is 5.32 Å². The minimum Gasteiger partial charge on any atom is -0.481 e. The van der Waals surface area contributed by atoms with Crippen LogP contribution in [0.3, 0.4) is 0 Å². The molecule has 2 rings (SSSR count). The molecule has 1 saturated carbocycles. The molecule has 0 aromatic heterocycles. The predicted octanol–water partition coefficient (Wildman–Crippen LogP) is 4.01. The molecule has 0 heterocycles. The van der Waals surface area contributed by atoms with Crippen molar-refractivity contribution in [2.45, 2.75) is 45.4 Å². The number of carbonyl (C=O) groups excluding carboxylic acids is 1. The van der Waals surface area contributed by atoms with E-state index in [-0.39, 0.29) is 18.7 Å². The van der Waals surface area contributed by atoms with E-state index < -0.39 is 11.4 Å². The summed E-state index contributed by atoms with van der Waals surface area (Å²) in [6.07, 6.45) is 3.88. The number of aliphatic carboxylic acids is 1. The summed E-state index contributed by atoms with van der Waals surface area (Å²) in [5, 5.41) is 12.4. The van der Waals surface area contributed by atoms with Crippen LogP contribution >= 0.6 is 11.6 Å². The zero-order valence-corrected chi connectivity index (χ0v) is 12.9. The van der Waals surface area contributed by atoms with Gasteiger partial charge in [-0.2, -0.15) is 0 Å². The maximum absolute atomic E-state index is 12.3. The summed E-state index contributed by atoms with van der Waals surface area (Å²) < 4.78 is 0. The number of aryl methyl sites for hydroxylation is 1. The number of carbonyl (C=O) groups is 2. The van der Waals surface area contributed by atoms with E-state index in [2.05, 4.69) is 5.32 Å². The molecule has 2 N–H and O–H groups in total. The van der Waals surface area contributed by atoms with Gasteiger partial charge in [0.15, 0.2) is 0 Å². The second-order valence-electron chi connectivity index (χ2n) is 5.99. The van der Waals surface area contributed by atoms with Gasteiger partial charge in [-0.3, -0.25) is 9.59 Å². The Labute approximate surface area is 129 Å². The van der Waals surface area contributed by atoms with Crippen molar-refractivity contribution < 1.29 is 14.7 Å². The van der Waals surface area contributed by atoms with Gasteiger partial charge < -0.3 is 10.4 Å². The van der Waals surface area contributed by atoms with Gasteiger partial charge >= 0.3 is 5.97 Å². The molecule has 0 aliphatic heterocycles. The normalized spacial score (nSPS) is 16.7. The maximum Gasteiger partial charge on any atom is 0.303 e. The summed E-state index contributed by atoms with van der Waals surface area (Å²) in [6, 6.07) is 5.44. The highest BCUT2D eigenvalue weighted by atomic mass is 35.5. The Balaban J connectivity index is 2.06. The molecular weight excluding hydrogens is 290 g/mol. The van der Waals surface area contributed by atoms with Crippen LogP contribution in [0, 0.1) is 12.3 Å². The molecule has 1 amide bonds. The molecule has 5 heteroatoms. The van der Waals surface area contributed by atoms with Gasteiger partial charge in [-0.15, -0.1) is 0 Å². The van der Waals surface area contributed by atoms with E-state index >= 15 is 0 Å². The van der Waals surface area contributed by atoms with Crippen LogP contribution in [0.5, 0.6) is 0 Å². The Hall–Kier alpha value is -1.55. The molecule has 0 bridgehead atoms. The van der Waals surface area contributed by atoms with Crippen LogP contribution in [0.4, 0.5) is 5.69 Å². The Morgan fingerprint density at radius 1 is 1.29 bits per heavy atom. The van der Waals surface area contributed by atoms with Crippen molar-refractivity contribution in [2.24, 2.45) is 5.41 Å². The molecular formula is C16H20ClNO3. The van der Waals surface area contributed by atoms with Gasteiger partial charge in [0.2, 0.25) is 5.91 Å². The lowest BCUT2D eigenvalue weighted by Gasteiger charge is -2.26. The number of carboxylic acids is 1. The summed E-state index contributed by atoms with van der Waals surface area (Å²) in [7, 11) is 0. The van der Waals surface area contributed by atoms with Crippen LogP contribution in [0.2, 0.25) is 5.02 Å². The molecule has 0 radical (unpaired) electrons. The molecule has 1 aromatic rings. The molecule has 1 aliphatic rings. The highest BCUT2D eigenvalue weighted by Crippen LogP contribution is 2.44. The fourth-order valence-electron chi connectivity index (χ4n) is 3.13. The number of rotatable bonds is 5. The van der Waals surface area contributed by atoms with E-state index in [1.807, 2.05) is 19.1 Å². The van der Waals surface area contributed by atoms with Crippen molar-refractivity contribution in [3.63, 3.8) is 0 Å². The van der Waals surface area contributed by atoms with Gasteiger partial charge in [-0.1, -0.05) is 30.5 Å². The lowest BCUT2D eigenvalue weighted by atomic mass is 9.79. The summed E-state index contributed by atoms with van der Waals surface area (Å²) in [5.74, 6) is -0.996. The van der Waals surface area contributed by atoms with Crippen molar-refractivity contribution in [3.05, 3.63) is 28.8 Å². The zero-order valence-electron chi connectivity index (χ0n) is 12.1. The number of anilines is 1. The third kappa shape index (κ3) is 4.21. The van der Waals surface area contributed by atoms with Gasteiger partial charge in [-0.25, -0.2) is 0 Å². The third-order valence-electron chi connectivity index (χ3n) is 4.12. The Bertz CT molecular complexity index is 550. The Kier molecular flexibility index (Phi) is 4.88. The second kappa shape index (κ2) is 6.48. The minimum absolute atomic E-state index is 0.0575. The van der Waals surface area contributed by atoms with Crippen LogP contribution in [-0.2, 0) is 9.59 Å². The van der Waals surface area contributed by atoms with Crippen LogP contribution in [-0.4, -0.2) is 17.0 Å². The quantitative estimate of drug-likeness (QED) is 0.863. The third-order valence-corrected chi connectivity index (χ3v) is 4.45. The van der Waals surface area contributed by atoms with Crippen molar-refractivity contribution in [3.8, 4) is 0 Å². The van der Waals surface area contributed by atoms with Crippen molar-refractivity contribution in [1.82, 2.24) is 0 Å². The fraction of sp³-hybridized carbons (Fsp3) is 0.500. The molecule has 21 heavy (non-hydrogen) atoms. The number of amides is 1. The summed E-state index contributed by atoms with van der Waals surface area (Å²) >= 11 is 6.07. The molecule has 1 aliphatic carbocycles. The lowest BCUT2D eigenvalue weighted by molar-refractivity contribution is -0.140. The van der Waals surface area contributed by atoms with E-state index in [1.54, 1.807) is 6.07 Å². The van der Waals surface area contributed by atoms with E-state index in [4.69, 9.17) is 16.7 Å². The first-order valence-corrected chi connectivity index (χ1v) is 7.56. The van der Waals surface area contributed by atoms with Crippen molar-refractivity contribution >= 4 is 29.2 Å². The fourth-order valence-corrected chi connectivity index (χ4v) is 3.30. The number of benzene rings is 1. The van der Waals surface area contributed by atoms with Crippen LogP contribution in [0.25, 0.3) is 0 Å². The molecule has 0 unspecified atom stereocenters. The highest BCUT2D eigenvalue weighted by molar-refractivity contribution is 6.33. The average molecular weight is 310 g/mol. The molecule has 0 atom stereocenters. The molecule has 1 fully saturated rings. The summed E-state index contributed by atoms with van der Waals surface area (Å²) in [5.41, 5.74) is 1.20. The smallest absolute Gasteiger partial charge is 0.303 e. The first-order chi connectivity index (χ1) is 9.90. The van der Waals surface area contributed by atoms with E-state index in [0.717, 1.165) is 31.2 Å². The zero-order chi connectivity index (χ0) is 15.5. The largest absolute Gasteiger partial charge is 0.481 e. The Morgan fingerprint density at radius 3 is 2.57 bits per heavy atom. The van der Waals surface area contributed by atoms with Gasteiger partial charge in [-0.05, 0) is 42.9 Å². The van der Waals surface area contributed by atoms with Crippen molar-refractivity contribution in [2.75, 3.05) is 5.32 Å². The van der Waals surface area contributed by atoms with E-state index in [0.29, 0.717) is 10.7 Å². The maximum atomic E-state index is 12.3. The first kappa shape index (κ1) is 15.8. The van der Waals surface area contributed by atoms with E-state index in [1.165, 1.54) is 0 Å². The van der Waals surface area contributed by atoms with Crippen LogP contribution in [0.1, 0.15) is 44.1 Å². The standard InChI is InChI=1S/C16H20ClNO3/c1-11-4-5-12(17)13(8-11)18-14(19)9-16(10-15(20)21)6-2-3-7-16/h4-5,8H,2-3,6-7,9-10H2,1H3,(H,18,19)(H,20,21). The number of hydrogen-bond donors (Lipinski definition) is 2. The molecule has 1 aromatic carbocycles. The van der Waals surface area contributed by atoms with Gasteiger partial charge in [0, 0.05) is 6.42 Å². The van der Waals surface area contributed by atoms with Gasteiger partial charge in [0.05, 0.1) is 17.1 Å². The monoisotopic (exact) mass is 309 g/mol. The topological polar surface area (TPSA) is 66.4 Å². The number of nitrogens with one attached hydrogen (secondary N) is 1. The van der Waals surface area contributed by atoms with E-state index in [9.17, 15) is 9.59 Å². The van der Waals surface area contributed by atoms with Crippen molar-refractivity contribution in [1.29, 1.82) is 0 Å². The predicted molar refractivity (Wildman–Crippen MR) is 82.6 cm³/mol. The first-order valence-electron chi connectivity index (χ1n) is 7.18. The minimum atomic E-state index is -0.835. The molecule has 0 spiro atoms.